The molecule has 0 aliphatic carbocycles. The molecular formula is C16H17F3N6O3S. The fourth-order valence-electron chi connectivity index (χ4n) is 2.72. The minimum absolute atomic E-state index is 0.0167. The highest BCUT2D eigenvalue weighted by atomic mass is 32.1. The van der Waals surface area contributed by atoms with Gasteiger partial charge in [-0.3, -0.25) is 19.3 Å². The molecule has 0 radical (unpaired) electrons. The number of rotatable bonds is 6. The summed E-state index contributed by atoms with van der Waals surface area (Å²) >= 11 is 5.17. The average molecular weight is 430 g/mol. The fourth-order valence-corrected chi connectivity index (χ4v) is 2.97. The Kier molecular flexibility index (Phi) is 5.88. The molecule has 1 atom stereocenters. The summed E-state index contributed by atoms with van der Waals surface area (Å²) in [4.78, 5) is 34.4. The monoisotopic (exact) mass is 430 g/mol. The smallest absolute Gasteiger partial charge is 0.357 e. The molecule has 3 N–H and O–H groups in total. The number of anilines is 2. The summed E-state index contributed by atoms with van der Waals surface area (Å²) in [5.41, 5.74) is 0.142. The first kappa shape index (κ1) is 20.8. The molecule has 0 aromatic carbocycles. The molecule has 29 heavy (non-hydrogen) atoms. The van der Waals surface area contributed by atoms with E-state index in [1.54, 1.807) is 12.3 Å². The van der Waals surface area contributed by atoms with Gasteiger partial charge in [0.1, 0.15) is 12.4 Å². The number of H-pyrrole nitrogens is 1. The normalized spacial score (nSPS) is 14.3. The van der Waals surface area contributed by atoms with Crippen LogP contribution in [0, 0.1) is 4.77 Å². The van der Waals surface area contributed by atoms with Crippen LogP contribution in [0.3, 0.4) is 0 Å². The van der Waals surface area contributed by atoms with Gasteiger partial charge >= 0.3 is 12.1 Å². The van der Waals surface area contributed by atoms with Crippen LogP contribution in [-0.2, 0) is 22.7 Å². The van der Waals surface area contributed by atoms with Crippen LogP contribution in [0.15, 0.2) is 29.2 Å². The number of fused-ring (bicyclic) bond motifs is 1. The lowest BCUT2D eigenvalue weighted by Crippen LogP contribution is -2.37. The molecule has 0 bridgehead atoms. The van der Waals surface area contributed by atoms with Gasteiger partial charge in [0, 0.05) is 25.3 Å². The van der Waals surface area contributed by atoms with E-state index in [0.29, 0.717) is 11.6 Å². The maximum atomic E-state index is 12.6. The van der Waals surface area contributed by atoms with Gasteiger partial charge in [-0.05, 0) is 31.3 Å². The molecular weight excluding hydrogens is 413 g/mol. The topological polar surface area (TPSA) is 104 Å². The summed E-state index contributed by atoms with van der Waals surface area (Å²) in [6.07, 6.45) is -3.52. The Labute approximate surface area is 167 Å². The third-order valence-corrected chi connectivity index (χ3v) is 4.37. The Morgan fingerprint density at radius 3 is 2.86 bits per heavy atom. The van der Waals surface area contributed by atoms with Crippen molar-refractivity contribution in [2.45, 2.75) is 32.2 Å². The summed E-state index contributed by atoms with van der Waals surface area (Å²) in [5, 5.41) is 6.49. The number of hydrogen-bond acceptors (Lipinski definition) is 8. The van der Waals surface area contributed by atoms with Crippen LogP contribution >= 0.6 is 12.2 Å². The Balaban J connectivity index is 1.82. The van der Waals surface area contributed by atoms with Crippen molar-refractivity contribution in [2.24, 2.45) is 0 Å². The van der Waals surface area contributed by atoms with Crippen molar-refractivity contribution >= 4 is 29.7 Å². The van der Waals surface area contributed by atoms with Gasteiger partial charge in [-0.1, -0.05) is 6.07 Å². The van der Waals surface area contributed by atoms with Crippen molar-refractivity contribution in [3.8, 4) is 0 Å². The number of hydrogen-bond donors (Lipinski definition) is 3. The van der Waals surface area contributed by atoms with Crippen molar-refractivity contribution < 1.29 is 22.8 Å². The van der Waals surface area contributed by atoms with E-state index in [4.69, 9.17) is 12.2 Å². The molecule has 0 saturated heterocycles. The molecule has 3 rings (SSSR count). The van der Waals surface area contributed by atoms with E-state index in [1.807, 2.05) is 19.1 Å². The second-order valence-electron chi connectivity index (χ2n) is 6.26. The van der Waals surface area contributed by atoms with E-state index in [9.17, 15) is 22.8 Å². The summed E-state index contributed by atoms with van der Waals surface area (Å²) in [5.74, 6) is -2.45. The van der Waals surface area contributed by atoms with Crippen molar-refractivity contribution in [3.05, 3.63) is 45.2 Å². The van der Waals surface area contributed by atoms with Crippen LogP contribution in [0.1, 0.15) is 12.6 Å². The third-order valence-electron chi connectivity index (χ3n) is 4.05. The first-order chi connectivity index (χ1) is 13.7. The molecule has 13 heteroatoms. The number of carbonyl (C=O) groups excluding carboxylic acids is 1. The number of aromatic amines is 1. The molecule has 2 aromatic heterocycles. The summed E-state index contributed by atoms with van der Waals surface area (Å²) in [7, 11) is 0. The number of pyridine rings is 1. The Hall–Kier alpha value is -2.93. The van der Waals surface area contributed by atoms with Crippen LogP contribution in [0.4, 0.5) is 24.7 Å². The lowest BCUT2D eigenvalue weighted by atomic mass is 10.3. The lowest BCUT2D eigenvalue weighted by Gasteiger charge is -2.23. The zero-order valence-corrected chi connectivity index (χ0v) is 15.9. The van der Waals surface area contributed by atoms with Gasteiger partial charge in [-0.15, -0.1) is 0 Å². The van der Waals surface area contributed by atoms with Crippen LogP contribution in [-0.4, -0.2) is 39.4 Å². The number of nitrogens with zero attached hydrogens (tertiary/aromatic N) is 3. The van der Waals surface area contributed by atoms with Crippen molar-refractivity contribution in [3.63, 3.8) is 0 Å². The van der Waals surface area contributed by atoms with E-state index in [0.717, 1.165) is 5.69 Å². The van der Waals surface area contributed by atoms with Gasteiger partial charge in [0.2, 0.25) is 0 Å². The summed E-state index contributed by atoms with van der Waals surface area (Å²) in [6, 6.07) is 5.27. The second kappa shape index (κ2) is 8.21. The minimum Gasteiger partial charge on any atom is -0.357 e. The Morgan fingerprint density at radius 2 is 2.21 bits per heavy atom. The highest BCUT2D eigenvalue weighted by Gasteiger charge is 2.44. The van der Waals surface area contributed by atoms with Gasteiger partial charge in [-0.2, -0.15) is 18.2 Å². The minimum atomic E-state index is -5.18. The maximum Gasteiger partial charge on any atom is 0.493 e. The zero-order valence-electron chi connectivity index (χ0n) is 15.1. The third kappa shape index (κ3) is 4.74. The first-order valence-corrected chi connectivity index (χ1v) is 8.88. The standard InChI is InChI=1S/C16H17F3N6O3S/c1-9(21-6-10-4-2-3-5-20-10)7-24-13-11(12(26)23-15(24)29)22-8-25(13)28-14(27)16(17,18)19/h2-5,9,21-22H,6-8H2,1H3,(H,23,26,29). The number of carbonyl (C=O) groups is 1. The van der Waals surface area contributed by atoms with Crippen molar-refractivity contribution in [2.75, 3.05) is 17.0 Å². The highest BCUT2D eigenvalue weighted by Crippen LogP contribution is 2.30. The lowest BCUT2D eigenvalue weighted by molar-refractivity contribution is -0.201. The average Bonchev–Trinajstić information content (AvgIpc) is 3.07. The van der Waals surface area contributed by atoms with Crippen LogP contribution in [0.2, 0.25) is 0 Å². The SMILES string of the molecule is CC(Cn1c2c(c(=O)[nH]c1=S)NCN2OC(=O)C(F)(F)F)NCc1ccccn1. The molecule has 2 aromatic rings. The van der Waals surface area contributed by atoms with E-state index in [-0.39, 0.29) is 35.5 Å². The largest absolute Gasteiger partial charge is 0.493 e. The van der Waals surface area contributed by atoms with Gasteiger partial charge in [0.05, 0.1) is 5.69 Å². The molecule has 0 spiro atoms. The molecule has 1 aliphatic heterocycles. The van der Waals surface area contributed by atoms with Crippen molar-refractivity contribution in [1.29, 1.82) is 0 Å². The molecule has 1 unspecified atom stereocenters. The van der Waals surface area contributed by atoms with Crippen LogP contribution < -0.4 is 21.3 Å². The van der Waals surface area contributed by atoms with E-state index >= 15 is 0 Å². The van der Waals surface area contributed by atoms with Gasteiger partial charge in [-0.25, -0.2) is 4.79 Å². The van der Waals surface area contributed by atoms with Crippen LogP contribution in [0.25, 0.3) is 0 Å². The van der Waals surface area contributed by atoms with Crippen LogP contribution in [0.5, 0.6) is 0 Å². The maximum absolute atomic E-state index is 12.6. The first-order valence-electron chi connectivity index (χ1n) is 8.47. The summed E-state index contributed by atoms with van der Waals surface area (Å²) in [6.45, 7) is 2.14. The second-order valence-corrected chi connectivity index (χ2v) is 6.65. The zero-order chi connectivity index (χ0) is 21.2. The molecule has 0 amide bonds. The predicted molar refractivity (Wildman–Crippen MR) is 99.5 cm³/mol. The molecule has 0 saturated carbocycles. The van der Waals surface area contributed by atoms with Gasteiger partial charge in [0.25, 0.3) is 5.56 Å². The van der Waals surface area contributed by atoms with Gasteiger partial charge < -0.3 is 15.5 Å². The van der Waals surface area contributed by atoms with Crippen molar-refractivity contribution in [1.82, 2.24) is 19.9 Å². The Bertz CT molecular complexity index is 1010. The fraction of sp³-hybridized carbons (Fsp3) is 0.375. The highest BCUT2D eigenvalue weighted by molar-refractivity contribution is 7.71. The van der Waals surface area contributed by atoms with E-state index in [2.05, 4.69) is 25.4 Å². The number of nitrogens with one attached hydrogen (secondary N) is 3. The summed E-state index contributed by atoms with van der Waals surface area (Å²) < 4.78 is 39.1. The molecule has 156 valence electrons. The predicted octanol–water partition coefficient (Wildman–Crippen LogP) is 1.69. The Morgan fingerprint density at radius 1 is 1.45 bits per heavy atom. The number of alkyl halides is 3. The molecule has 9 nitrogen and oxygen atoms in total. The quantitative estimate of drug-likeness (QED) is 0.595. The number of halogens is 3. The molecule has 3 heterocycles. The van der Waals surface area contributed by atoms with Gasteiger partial charge in [0.15, 0.2) is 10.6 Å². The number of hydroxylamine groups is 1. The molecule has 1 aliphatic rings. The van der Waals surface area contributed by atoms with E-state index in [1.165, 1.54) is 4.57 Å². The number of aromatic nitrogens is 3. The molecule has 0 fully saturated rings. The van der Waals surface area contributed by atoms with E-state index < -0.39 is 17.7 Å².